The first-order valence-electron chi connectivity index (χ1n) is 8.71. The largest absolute Gasteiger partial charge is 0.506 e. The first-order valence-corrected chi connectivity index (χ1v) is 8.71. The molecule has 1 heterocycles. The Bertz CT molecular complexity index is 790. The van der Waals surface area contributed by atoms with Gasteiger partial charge < -0.3 is 15.3 Å². The van der Waals surface area contributed by atoms with E-state index in [1.165, 1.54) is 0 Å². The summed E-state index contributed by atoms with van der Waals surface area (Å²) in [5.41, 5.74) is 2.15. The fourth-order valence-electron chi connectivity index (χ4n) is 3.06. The van der Waals surface area contributed by atoms with Gasteiger partial charge in [0.15, 0.2) is 0 Å². The molecule has 1 saturated heterocycles. The Hall–Kier alpha value is -3.04. The summed E-state index contributed by atoms with van der Waals surface area (Å²) in [4.78, 5) is 16.5. The Morgan fingerprint density at radius 1 is 1.08 bits per heavy atom. The number of piperazine rings is 1. The number of nitrogens with zero attached hydrogens (tertiary/aromatic N) is 3. The number of benzene rings is 2. The van der Waals surface area contributed by atoms with Crippen molar-refractivity contribution >= 4 is 17.3 Å². The molecular formula is C20H22N4O2. The number of hydrogen-bond donors (Lipinski definition) is 2. The Morgan fingerprint density at radius 3 is 2.42 bits per heavy atom. The Labute approximate surface area is 153 Å². The normalized spacial score (nSPS) is 14.7. The van der Waals surface area contributed by atoms with Crippen LogP contribution in [-0.2, 0) is 4.79 Å². The fraction of sp³-hybridized carbons (Fsp3) is 0.300. The molecule has 1 aliphatic heterocycles. The van der Waals surface area contributed by atoms with Gasteiger partial charge in [-0.05, 0) is 36.4 Å². The third-order valence-electron chi connectivity index (χ3n) is 4.55. The van der Waals surface area contributed by atoms with Crippen LogP contribution >= 0.6 is 0 Å². The lowest BCUT2D eigenvalue weighted by molar-refractivity contribution is -0.116. The molecule has 0 aromatic heterocycles. The van der Waals surface area contributed by atoms with Gasteiger partial charge in [-0.15, -0.1) is 0 Å². The van der Waals surface area contributed by atoms with E-state index in [-0.39, 0.29) is 5.91 Å². The predicted octanol–water partition coefficient (Wildman–Crippen LogP) is 2.41. The van der Waals surface area contributed by atoms with E-state index in [4.69, 9.17) is 5.26 Å². The molecular weight excluding hydrogens is 328 g/mol. The summed E-state index contributed by atoms with van der Waals surface area (Å²) in [5.74, 6) is 0.278. The van der Waals surface area contributed by atoms with Crippen molar-refractivity contribution in [1.29, 1.82) is 5.26 Å². The molecule has 0 saturated carbocycles. The van der Waals surface area contributed by atoms with Crippen LogP contribution in [0.5, 0.6) is 5.75 Å². The number of anilines is 2. The fourth-order valence-corrected chi connectivity index (χ4v) is 3.06. The number of carbonyl (C=O) groups is 1. The summed E-state index contributed by atoms with van der Waals surface area (Å²) in [6, 6.07) is 16.3. The lowest BCUT2D eigenvalue weighted by Crippen LogP contribution is -2.47. The molecule has 2 aromatic carbocycles. The van der Waals surface area contributed by atoms with E-state index in [0.29, 0.717) is 30.0 Å². The number of nitrogens with one attached hydrogen (secondary N) is 1. The average Bonchev–Trinajstić information content (AvgIpc) is 2.68. The monoisotopic (exact) mass is 350 g/mol. The SMILES string of the molecule is N#Cc1ccc(NC(=O)CCN2CCN(c3ccccc3O)CC2)cc1. The molecule has 0 aliphatic carbocycles. The van der Waals surface area contributed by atoms with Crippen molar-refractivity contribution in [3.63, 3.8) is 0 Å². The van der Waals surface area contributed by atoms with E-state index in [1.807, 2.05) is 18.2 Å². The summed E-state index contributed by atoms with van der Waals surface area (Å²) < 4.78 is 0. The number of amides is 1. The first kappa shape index (κ1) is 17.8. The Morgan fingerprint density at radius 2 is 1.77 bits per heavy atom. The molecule has 1 fully saturated rings. The third-order valence-corrected chi connectivity index (χ3v) is 4.55. The topological polar surface area (TPSA) is 79.6 Å². The highest BCUT2D eigenvalue weighted by Crippen LogP contribution is 2.27. The molecule has 0 spiro atoms. The van der Waals surface area contributed by atoms with Gasteiger partial charge in [-0.25, -0.2) is 0 Å². The molecule has 0 radical (unpaired) electrons. The maximum absolute atomic E-state index is 12.1. The molecule has 134 valence electrons. The lowest BCUT2D eigenvalue weighted by Gasteiger charge is -2.36. The predicted molar refractivity (Wildman–Crippen MR) is 101 cm³/mol. The molecule has 6 heteroatoms. The van der Waals surface area contributed by atoms with Gasteiger partial charge in [-0.1, -0.05) is 12.1 Å². The lowest BCUT2D eigenvalue weighted by atomic mass is 10.2. The van der Waals surface area contributed by atoms with Gasteiger partial charge in [0.05, 0.1) is 17.3 Å². The zero-order chi connectivity index (χ0) is 18.4. The zero-order valence-corrected chi connectivity index (χ0v) is 14.6. The summed E-state index contributed by atoms with van der Waals surface area (Å²) in [6.07, 6.45) is 0.427. The molecule has 0 atom stereocenters. The average molecular weight is 350 g/mol. The highest BCUT2D eigenvalue weighted by Gasteiger charge is 2.19. The third kappa shape index (κ3) is 4.52. The number of rotatable bonds is 5. The minimum Gasteiger partial charge on any atom is -0.506 e. The van der Waals surface area contributed by atoms with Crippen molar-refractivity contribution in [2.45, 2.75) is 6.42 Å². The van der Waals surface area contributed by atoms with Crippen LogP contribution in [0.4, 0.5) is 11.4 Å². The van der Waals surface area contributed by atoms with Crippen molar-refractivity contribution < 1.29 is 9.90 Å². The van der Waals surface area contributed by atoms with Crippen LogP contribution in [-0.4, -0.2) is 48.6 Å². The van der Waals surface area contributed by atoms with E-state index in [9.17, 15) is 9.90 Å². The van der Waals surface area contributed by atoms with Gasteiger partial charge in [-0.3, -0.25) is 9.69 Å². The van der Waals surface area contributed by atoms with Gasteiger partial charge in [0, 0.05) is 44.8 Å². The molecule has 26 heavy (non-hydrogen) atoms. The Kier molecular flexibility index (Phi) is 5.72. The van der Waals surface area contributed by atoms with Crippen LogP contribution in [0.15, 0.2) is 48.5 Å². The van der Waals surface area contributed by atoms with Gasteiger partial charge in [0.2, 0.25) is 5.91 Å². The number of para-hydroxylation sites is 2. The summed E-state index contributed by atoms with van der Waals surface area (Å²) in [6.45, 7) is 4.08. The molecule has 3 rings (SSSR count). The summed E-state index contributed by atoms with van der Waals surface area (Å²) in [5, 5.41) is 21.6. The van der Waals surface area contributed by atoms with Crippen molar-refractivity contribution in [2.24, 2.45) is 0 Å². The maximum atomic E-state index is 12.1. The molecule has 2 aromatic rings. The molecule has 0 bridgehead atoms. The zero-order valence-electron chi connectivity index (χ0n) is 14.6. The van der Waals surface area contributed by atoms with Crippen LogP contribution in [0.3, 0.4) is 0 Å². The smallest absolute Gasteiger partial charge is 0.225 e. The summed E-state index contributed by atoms with van der Waals surface area (Å²) >= 11 is 0. The molecule has 0 unspecified atom stereocenters. The van der Waals surface area contributed by atoms with Gasteiger partial charge in [-0.2, -0.15) is 5.26 Å². The highest BCUT2D eigenvalue weighted by molar-refractivity contribution is 5.90. The number of hydrogen-bond acceptors (Lipinski definition) is 5. The van der Waals surface area contributed by atoms with E-state index < -0.39 is 0 Å². The quantitative estimate of drug-likeness (QED) is 0.866. The van der Waals surface area contributed by atoms with Crippen molar-refractivity contribution in [1.82, 2.24) is 4.90 Å². The highest BCUT2D eigenvalue weighted by atomic mass is 16.3. The number of phenols is 1. The number of phenolic OH excluding ortho intramolecular Hbond substituents is 1. The molecule has 6 nitrogen and oxygen atoms in total. The second-order valence-corrected chi connectivity index (χ2v) is 6.30. The number of nitriles is 1. The summed E-state index contributed by atoms with van der Waals surface area (Å²) in [7, 11) is 0. The van der Waals surface area contributed by atoms with E-state index in [1.54, 1.807) is 30.3 Å². The number of carbonyl (C=O) groups excluding carboxylic acids is 1. The van der Waals surface area contributed by atoms with Crippen molar-refractivity contribution in [3.8, 4) is 11.8 Å². The van der Waals surface area contributed by atoms with Gasteiger partial charge >= 0.3 is 0 Å². The van der Waals surface area contributed by atoms with Crippen LogP contribution in [0.25, 0.3) is 0 Å². The first-order chi connectivity index (χ1) is 12.7. The van der Waals surface area contributed by atoms with Gasteiger partial charge in [0.1, 0.15) is 5.75 Å². The van der Waals surface area contributed by atoms with Crippen LogP contribution in [0.2, 0.25) is 0 Å². The van der Waals surface area contributed by atoms with Crippen LogP contribution in [0, 0.1) is 11.3 Å². The Balaban J connectivity index is 1.42. The van der Waals surface area contributed by atoms with Crippen molar-refractivity contribution in [2.75, 3.05) is 42.9 Å². The second kappa shape index (κ2) is 8.37. The standard InChI is InChI=1S/C20H22N4O2/c21-15-16-5-7-17(8-6-16)22-20(26)9-10-23-11-13-24(14-12-23)18-3-1-2-4-19(18)25/h1-8,25H,9-14H2,(H,22,26). The van der Waals surface area contributed by atoms with Gasteiger partial charge in [0.25, 0.3) is 0 Å². The van der Waals surface area contributed by atoms with Crippen LogP contribution < -0.4 is 10.2 Å². The van der Waals surface area contributed by atoms with E-state index in [0.717, 1.165) is 31.9 Å². The molecule has 1 aliphatic rings. The van der Waals surface area contributed by atoms with E-state index in [2.05, 4.69) is 21.2 Å². The number of aromatic hydroxyl groups is 1. The molecule has 2 N–H and O–H groups in total. The van der Waals surface area contributed by atoms with Crippen molar-refractivity contribution in [3.05, 3.63) is 54.1 Å². The van der Waals surface area contributed by atoms with Crippen LogP contribution in [0.1, 0.15) is 12.0 Å². The maximum Gasteiger partial charge on any atom is 0.225 e. The minimum absolute atomic E-state index is 0.0298. The minimum atomic E-state index is -0.0298. The second-order valence-electron chi connectivity index (χ2n) is 6.30. The van der Waals surface area contributed by atoms with E-state index >= 15 is 0 Å². The molecule has 1 amide bonds.